The van der Waals surface area contributed by atoms with Crippen LogP contribution in [0, 0.1) is 5.82 Å². The minimum atomic E-state index is -0.349. The van der Waals surface area contributed by atoms with Gasteiger partial charge in [0, 0.05) is 11.8 Å². The smallest absolute Gasteiger partial charge is 0.123 e. The van der Waals surface area contributed by atoms with Crippen LogP contribution in [0.5, 0.6) is 0 Å². The van der Waals surface area contributed by atoms with Crippen LogP contribution in [0.1, 0.15) is 11.1 Å². The number of thiocarbonyl (C=S) groups is 1. The first-order chi connectivity index (χ1) is 8.06. The third-order valence-electron chi connectivity index (χ3n) is 2.27. The van der Waals surface area contributed by atoms with Crippen molar-refractivity contribution in [3.05, 3.63) is 52.0 Å². The maximum atomic E-state index is 13.1. The molecular formula is C11H9BrFN3S. The van der Waals surface area contributed by atoms with Crippen LogP contribution in [-0.4, -0.2) is 14.8 Å². The molecule has 3 nitrogen and oxygen atoms in total. The molecule has 2 rings (SSSR count). The van der Waals surface area contributed by atoms with Crippen LogP contribution in [0.2, 0.25) is 0 Å². The molecule has 1 aromatic heterocycles. The minimum Gasteiger partial charge on any atom is -0.389 e. The largest absolute Gasteiger partial charge is 0.389 e. The Kier molecular flexibility index (Phi) is 3.54. The Balaban J connectivity index is 2.35. The van der Waals surface area contributed by atoms with Gasteiger partial charge in [0.2, 0.25) is 0 Å². The Labute approximate surface area is 112 Å². The van der Waals surface area contributed by atoms with Crippen molar-refractivity contribution in [2.45, 2.75) is 6.54 Å². The van der Waals surface area contributed by atoms with Gasteiger partial charge < -0.3 is 5.73 Å². The topological polar surface area (TPSA) is 43.8 Å². The molecule has 0 atom stereocenters. The van der Waals surface area contributed by atoms with Gasteiger partial charge in [-0.15, -0.1) is 0 Å². The van der Waals surface area contributed by atoms with E-state index in [1.807, 2.05) is 6.20 Å². The molecular weight excluding hydrogens is 305 g/mol. The van der Waals surface area contributed by atoms with Crippen LogP contribution >= 0.6 is 28.1 Å². The number of nitrogens with zero attached hydrogens (tertiary/aromatic N) is 2. The summed E-state index contributed by atoms with van der Waals surface area (Å²) in [6, 6.07) is 4.39. The Morgan fingerprint density at radius 3 is 2.88 bits per heavy atom. The summed E-state index contributed by atoms with van der Waals surface area (Å²) in [5.74, 6) is -0.349. The predicted molar refractivity (Wildman–Crippen MR) is 71.3 cm³/mol. The predicted octanol–water partition coefficient (Wildman–Crippen LogP) is 2.47. The maximum Gasteiger partial charge on any atom is 0.123 e. The molecule has 2 N–H and O–H groups in total. The molecule has 0 spiro atoms. The fraction of sp³-hybridized carbons (Fsp3) is 0.0909. The number of aromatic nitrogens is 2. The van der Waals surface area contributed by atoms with Crippen LogP contribution in [0.3, 0.4) is 0 Å². The van der Waals surface area contributed by atoms with Crippen LogP contribution in [0.4, 0.5) is 4.39 Å². The number of benzene rings is 1. The first-order valence-electron chi connectivity index (χ1n) is 4.82. The van der Waals surface area contributed by atoms with Crippen molar-refractivity contribution in [3.8, 4) is 0 Å². The second kappa shape index (κ2) is 4.93. The second-order valence-corrected chi connectivity index (χ2v) is 4.88. The van der Waals surface area contributed by atoms with E-state index in [-0.39, 0.29) is 10.8 Å². The highest BCUT2D eigenvalue weighted by molar-refractivity contribution is 9.10. The molecule has 0 aliphatic heterocycles. The molecule has 0 saturated heterocycles. The molecule has 0 unspecified atom stereocenters. The fourth-order valence-corrected chi connectivity index (χ4v) is 2.03. The lowest BCUT2D eigenvalue weighted by atomic mass is 10.1. The van der Waals surface area contributed by atoms with Crippen molar-refractivity contribution in [3.63, 3.8) is 0 Å². The van der Waals surface area contributed by atoms with Gasteiger partial charge in [0.1, 0.15) is 10.8 Å². The zero-order valence-corrected chi connectivity index (χ0v) is 11.1. The second-order valence-electron chi connectivity index (χ2n) is 3.52. The lowest BCUT2D eigenvalue weighted by Crippen LogP contribution is -2.14. The van der Waals surface area contributed by atoms with Crippen molar-refractivity contribution >= 4 is 33.1 Å². The van der Waals surface area contributed by atoms with E-state index in [1.54, 1.807) is 16.9 Å². The number of nitrogens with two attached hydrogens (primary N) is 1. The first kappa shape index (κ1) is 12.2. The van der Waals surface area contributed by atoms with E-state index < -0.39 is 0 Å². The normalized spacial score (nSPS) is 10.5. The van der Waals surface area contributed by atoms with Gasteiger partial charge in [0.15, 0.2) is 0 Å². The van der Waals surface area contributed by atoms with Crippen molar-refractivity contribution in [2.24, 2.45) is 5.73 Å². The quantitative estimate of drug-likeness (QED) is 0.885. The van der Waals surface area contributed by atoms with Crippen molar-refractivity contribution < 1.29 is 4.39 Å². The Morgan fingerprint density at radius 1 is 1.53 bits per heavy atom. The molecule has 0 radical (unpaired) electrons. The average molecular weight is 314 g/mol. The molecule has 0 aliphatic carbocycles. The molecule has 88 valence electrons. The standard InChI is InChI=1S/C11H9BrFN3S/c12-8-4-15-16(6-8)5-7-1-2-9(13)3-10(7)11(14)17/h1-4,6H,5H2,(H2,14,17). The van der Waals surface area contributed by atoms with E-state index in [0.717, 1.165) is 10.0 Å². The van der Waals surface area contributed by atoms with Crippen molar-refractivity contribution in [1.82, 2.24) is 9.78 Å². The molecule has 17 heavy (non-hydrogen) atoms. The average Bonchev–Trinajstić information content (AvgIpc) is 2.66. The van der Waals surface area contributed by atoms with Gasteiger partial charge in [-0.25, -0.2) is 4.39 Å². The van der Waals surface area contributed by atoms with Crippen LogP contribution in [0.25, 0.3) is 0 Å². The van der Waals surface area contributed by atoms with E-state index in [9.17, 15) is 4.39 Å². The van der Waals surface area contributed by atoms with E-state index in [4.69, 9.17) is 18.0 Å². The molecule has 2 aromatic rings. The Bertz CT molecular complexity index is 568. The summed E-state index contributed by atoms with van der Waals surface area (Å²) in [5.41, 5.74) is 6.96. The number of hydrogen-bond donors (Lipinski definition) is 1. The summed E-state index contributed by atoms with van der Waals surface area (Å²) >= 11 is 8.21. The van der Waals surface area contributed by atoms with Gasteiger partial charge in [-0.2, -0.15) is 5.10 Å². The lowest BCUT2D eigenvalue weighted by molar-refractivity contribution is 0.624. The minimum absolute atomic E-state index is 0.186. The summed E-state index contributed by atoms with van der Waals surface area (Å²) in [6.07, 6.45) is 3.51. The van der Waals surface area contributed by atoms with Gasteiger partial charge in [0.25, 0.3) is 0 Å². The Morgan fingerprint density at radius 2 is 2.29 bits per heavy atom. The third-order valence-corrected chi connectivity index (χ3v) is 2.90. The molecule has 0 saturated carbocycles. The van der Waals surface area contributed by atoms with Gasteiger partial charge >= 0.3 is 0 Å². The highest BCUT2D eigenvalue weighted by Gasteiger charge is 2.08. The SMILES string of the molecule is NC(=S)c1cc(F)ccc1Cn1cc(Br)cn1. The van der Waals surface area contributed by atoms with E-state index in [1.165, 1.54) is 12.1 Å². The molecule has 1 aromatic carbocycles. The maximum absolute atomic E-state index is 13.1. The van der Waals surface area contributed by atoms with Crippen LogP contribution in [0.15, 0.2) is 35.1 Å². The molecule has 6 heteroatoms. The van der Waals surface area contributed by atoms with E-state index in [0.29, 0.717) is 12.1 Å². The molecule has 1 heterocycles. The van der Waals surface area contributed by atoms with E-state index in [2.05, 4.69) is 21.0 Å². The first-order valence-corrected chi connectivity index (χ1v) is 6.02. The van der Waals surface area contributed by atoms with Gasteiger partial charge in [-0.3, -0.25) is 4.68 Å². The third kappa shape index (κ3) is 2.89. The molecule has 0 bridgehead atoms. The van der Waals surface area contributed by atoms with Gasteiger partial charge in [-0.05, 0) is 33.6 Å². The molecule has 0 amide bonds. The van der Waals surface area contributed by atoms with Crippen LogP contribution in [-0.2, 0) is 6.54 Å². The zero-order valence-electron chi connectivity index (χ0n) is 8.73. The highest BCUT2D eigenvalue weighted by atomic mass is 79.9. The van der Waals surface area contributed by atoms with Crippen molar-refractivity contribution in [1.29, 1.82) is 0 Å². The van der Waals surface area contributed by atoms with Crippen LogP contribution < -0.4 is 5.73 Å². The summed E-state index contributed by atoms with van der Waals surface area (Å²) in [6.45, 7) is 0.499. The fourth-order valence-electron chi connectivity index (χ4n) is 1.52. The van der Waals surface area contributed by atoms with Crippen molar-refractivity contribution in [2.75, 3.05) is 0 Å². The molecule has 0 fully saturated rings. The summed E-state index contributed by atoms with van der Waals surface area (Å²) < 4.78 is 15.7. The monoisotopic (exact) mass is 313 g/mol. The lowest BCUT2D eigenvalue weighted by Gasteiger charge is -2.08. The summed E-state index contributed by atoms with van der Waals surface area (Å²) in [5, 5.41) is 4.13. The Hall–Kier alpha value is -1.27. The summed E-state index contributed by atoms with van der Waals surface area (Å²) in [4.78, 5) is 0.186. The highest BCUT2D eigenvalue weighted by Crippen LogP contribution is 2.14. The number of halogens is 2. The van der Waals surface area contributed by atoms with Gasteiger partial charge in [-0.1, -0.05) is 18.3 Å². The number of hydrogen-bond acceptors (Lipinski definition) is 2. The molecule has 0 aliphatic rings. The van der Waals surface area contributed by atoms with E-state index >= 15 is 0 Å². The summed E-state index contributed by atoms with van der Waals surface area (Å²) in [7, 11) is 0. The van der Waals surface area contributed by atoms with Gasteiger partial charge in [0.05, 0.1) is 17.2 Å². The zero-order chi connectivity index (χ0) is 12.4. The number of rotatable bonds is 3.